The van der Waals surface area contributed by atoms with Crippen LogP contribution in [0.5, 0.6) is 0 Å². The Labute approximate surface area is 272 Å². The molecule has 8 nitrogen and oxygen atoms in total. The lowest BCUT2D eigenvalue weighted by atomic mass is 9.58. The first kappa shape index (κ1) is 38.2. The molecule has 1 aromatic carbocycles. The number of hydrogen-bond acceptors (Lipinski definition) is 6. The molecule has 0 saturated carbocycles. The van der Waals surface area contributed by atoms with Crippen molar-refractivity contribution in [3.63, 3.8) is 0 Å². The van der Waals surface area contributed by atoms with Crippen LogP contribution in [0.25, 0.3) is 0 Å². The number of rotatable bonds is 20. The van der Waals surface area contributed by atoms with Crippen molar-refractivity contribution >= 4 is 23.3 Å². The first-order chi connectivity index (χ1) is 21.3. The number of nitrogens with two attached hydrogens (primary N) is 2. The van der Waals surface area contributed by atoms with Gasteiger partial charge in [0, 0.05) is 42.3 Å². The van der Waals surface area contributed by atoms with E-state index in [9.17, 15) is 19.8 Å². The first-order valence-electron chi connectivity index (χ1n) is 17.2. The van der Waals surface area contributed by atoms with E-state index >= 15 is 0 Å². The fourth-order valence-electron chi connectivity index (χ4n) is 7.63. The van der Waals surface area contributed by atoms with Crippen LogP contribution in [0.15, 0.2) is 34.7 Å². The number of anilines is 2. The van der Waals surface area contributed by atoms with E-state index in [1.807, 2.05) is 32.6 Å². The van der Waals surface area contributed by atoms with Gasteiger partial charge in [-0.15, -0.1) is 0 Å². The van der Waals surface area contributed by atoms with Gasteiger partial charge in [-0.2, -0.15) is 0 Å². The molecular weight excluding hydrogens is 566 g/mol. The molecule has 0 radical (unpaired) electrons. The molecule has 2 rings (SSSR count). The summed E-state index contributed by atoms with van der Waals surface area (Å²) in [5.41, 5.74) is 14.7. The van der Waals surface area contributed by atoms with E-state index in [-0.39, 0.29) is 23.3 Å². The Kier molecular flexibility index (Phi) is 15.0. The van der Waals surface area contributed by atoms with E-state index in [1.165, 1.54) is 57.8 Å². The maximum Gasteiger partial charge on any atom is 0.334 e. The number of benzene rings is 1. The average Bonchev–Trinajstić information content (AvgIpc) is 2.94. The monoisotopic (exact) mass is 627 g/mol. The normalized spacial score (nSPS) is 15.8. The van der Waals surface area contributed by atoms with Crippen LogP contribution in [0.3, 0.4) is 0 Å². The third-order valence-electron chi connectivity index (χ3n) is 9.67. The number of aliphatic carboxylic acids is 2. The van der Waals surface area contributed by atoms with Crippen molar-refractivity contribution in [3.8, 4) is 0 Å². The Morgan fingerprint density at radius 2 is 1.29 bits per heavy atom. The number of carboxylic acid groups (broad SMARTS) is 2. The van der Waals surface area contributed by atoms with Gasteiger partial charge in [0.05, 0.1) is 22.7 Å². The van der Waals surface area contributed by atoms with Gasteiger partial charge in [0.1, 0.15) is 0 Å². The standard InChI is InChI=1S/C37H61N3O5/c1-9-10-11-12-13-14-15-16-17-18-19-20-29(45-8)23-30-31(21-28(38)22-32(30)39)37(24(2)3)33(35(41)42)26(6)40(25(4)5)27(7)34(37)36(43)44/h21-22,24-25,29H,9-20,23,38-39H2,1-8H3,(H,41,42)(H,43,44). The Morgan fingerprint density at radius 3 is 1.69 bits per heavy atom. The first-order valence-corrected chi connectivity index (χ1v) is 17.2. The summed E-state index contributed by atoms with van der Waals surface area (Å²) in [4.78, 5) is 28.2. The number of carboxylic acids is 2. The zero-order chi connectivity index (χ0) is 33.9. The van der Waals surface area contributed by atoms with E-state index in [0.29, 0.717) is 40.3 Å². The molecule has 1 heterocycles. The molecule has 1 aliphatic rings. The number of allylic oxidation sites excluding steroid dienone is 2. The second-order valence-electron chi connectivity index (χ2n) is 13.5. The van der Waals surface area contributed by atoms with Crippen molar-refractivity contribution < 1.29 is 24.5 Å². The van der Waals surface area contributed by atoms with E-state index in [4.69, 9.17) is 16.2 Å². The molecule has 0 amide bonds. The zero-order valence-corrected chi connectivity index (χ0v) is 29.3. The van der Waals surface area contributed by atoms with Crippen LogP contribution in [-0.4, -0.2) is 46.3 Å². The van der Waals surface area contributed by atoms with Gasteiger partial charge >= 0.3 is 11.9 Å². The molecular formula is C37H61N3O5. The predicted molar refractivity (Wildman–Crippen MR) is 185 cm³/mol. The fraction of sp³-hybridized carbons (Fsp3) is 0.676. The number of methoxy groups -OCH3 is 1. The van der Waals surface area contributed by atoms with E-state index in [1.54, 1.807) is 33.1 Å². The Balaban J connectivity index is 2.45. The summed E-state index contributed by atoms with van der Waals surface area (Å²) in [6.45, 7) is 13.4. The highest BCUT2D eigenvalue weighted by Crippen LogP contribution is 2.54. The third-order valence-corrected chi connectivity index (χ3v) is 9.67. The number of nitrogen functional groups attached to an aromatic ring is 2. The number of nitrogens with zero attached hydrogens (tertiary/aromatic N) is 1. The van der Waals surface area contributed by atoms with Crippen LogP contribution in [0.1, 0.15) is 137 Å². The van der Waals surface area contributed by atoms with Crippen molar-refractivity contribution in [2.75, 3.05) is 18.6 Å². The van der Waals surface area contributed by atoms with Gasteiger partial charge in [0.25, 0.3) is 0 Å². The summed E-state index contributed by atoms with van der Waals surface area (Å²) in [5, 5.41) is 21.6. The molecule has 0 spiro atoms. The number of unbranched alkanes of at least 4 members (excludes halogenated alkanes) is 10. The summed E-state index contributed by atoms with van der Waals surface area (Å²) in [6, 6.07) is 3.27. The molecule has 6 N–H and O–H groups in total. The van der Waals surface area contributed by atoms with Gasteiger partial charge in [-0.05, 0) is 63.3 Å². The van der Waals surface area contributed by atoms with Crippen LogP contribution in [-0.2, 0) is 26.2 Å². The van der Waals surface area contributed by atoms with Crippen LogP contribution in [0.4, 0.5) is 11.4 Å². The van der Waals surface area contributed by atoms with Gasteiger partial charge in [0.15, 0.2) is 0 Å². The zero-order valence-electron chi connectivity index (χ0n) is 29.3. The lowest BCUT2D eigenvalue weighted by molar-refractivity contribution is -0.135. The summed E-state index contributed by atoms with van der Waals surface area (Å²) >= 11 is 0. The third kappa shape index (κ3) is 8.84. The largest absolute Gasteiger partial charge is 0.478 e. The van der Waals surface area contributed by atoms with Gasteiger partial charge < -0.3 is 31.3 Å². The molecule has 1 unspecified atom stereocenters. The van der Waals surface area contributed by atoms with E-state index < -0.39 is 23.3 Å². The maximum atomic E-state index is 13.2. The summed E-state index contributed by atoms with van der Waals surface area (Å²) < 4.78 is 5.95. The average molecular weight is 628 g/mol. The van der Waals surface area contributed by atoms with Gasteiger partial charge in [-0.3, -0.25) is 0 Å². The molecule has 0 saturated heterocycles. The summed E-state index contributed by atoms with van der Waals surface area (Å²) in [7, 11) is 1.69. The topological polar surface area (TPSA) is 139 Å². The van der Waals surface area contributed by atoms with E-state index in [0.717, 1.165) is 19.3 Å². The van der Waals surface area contributed by atoms with Gasteiger partial charge in [-0.1, -0.05) is 91.4 Å². The highest BCUT2D eigenvalue weighted by molar-refractivity contribution is 6.01. The van der Waals surface area contributed by atoms with Crippen LogP contribution in [0, 0.1) is 5.92 Å². The van der Waals surface area contributed by atoms with Crippen LogP contribution >= 0.6 is 0 Å². The molecule has 0 fully saturated rings. The predicted octanol–water partition coefficient (Wildman–Crippen LogP) is 8.44. The highest BCUT2D eigenvalue weighted by Gasteiger charge is 2.55. The molecule has 1 aliphatic heterocycles. The van der Waals surface area contributed by atoms with Crippen LogP contribution in [0.2, 0.25) is 0 Å². The van der Waals surface area contributed by atoms with Crippen molar-refractivity contribution in [2.24, 2.45) is 5.92 Å². The Hall–Kier alpha value is -3.00. The van der Waals surface area contributed by atoms with Crippen molar-refractivity contribution in [3.05, 3.63) is 45.8 Å². The van der Waals surface area contributed by atoms with Crippen LogP contribution < -0.4 is 11.5 Å². The minimum absolute atomic E-state index is 0.0415. The van der Waals surface area contributed by atoms with E-state index in [2.05, 4.69) is 6.92 Å². The molecule has 0 bridgehead atoms. The summed E-state index contributed by atoms with van der Waals surface area (Å²) in [6.07, 6.45) is 14.9. The molecule has 254 valence electrons. The quantitative estimate of drug-likeness (QED) is 0.0834. The smallest absolute Gasteiger partial charge is 0.334 e. The minimum atomic E-state index is -1.50. The Morgan fingerprint density at radius 1 is 0.822 bits per heavy atom. The SMILES string of the molecule is CCCCCCCCCCCCCC(Cc1c(N)cc(N)cc1C1(C(C)C)C(C(=O)O)=C(C)N(C(C)C)C(C)=C1C(=O)O)OC. The van der Waals surface area contributed by atoms with Crippen molar-refractivity contribution in [1.82, 2.24) is 4.90 Å². The summed E-state index contributed by atoms with van der Waals surface area (Å²) in [5.74, 6) is -2.76. The maximum absolute atomic E-state index is 13.2. The number of hydrogen-bond donors (Lipinski definition) is 4. The van der Waals surface area contributed by atoms with Gasteiger partial charge in [-0.25, -0.2) is 9.59 Å². The molecule has 45 heavy (non-hydrogen) atoms. The molecule has 8 heteroatoms. The van der Waals surface area contributed by atoms with Crippen molar-refractivity contribution in [2.45, 2.75) is 149 Å². The second-order valence-corrected chi connectivity index (χ2v) is 13.5. The van der Waals surface area contributed by atoms with Crippen molar-refractivity contribution in [1.29, 1.82) is 0 Å². The van der Waals surface area contributed by atoms with Gasteiger partial charge in [0.2, 0.25) is 0 Å². The second kappa shape index (κ2) is 17.6. The lowest BCUT2D eigenvalue weighted by Crippen LogP contribution is -2.50. The number of ether oxygens (including phenoxy) is 1. The number of carbonyl (C=O) groups is 2. The molecule has 1 atom stereocenters. The Bertz CT molecular complexity index is 1180. The molecule has 0 aromatic heterocycles. The molecule has 0 aliphatic carbocycles. The lowest BCUT2D eigenvalue weighted by Gasteiger charge is -2.49. The molecule has 1 aromatic rings. The fourth-order valence-corrected chi connectivity index (χ4v) is 7.63. The highest BCUT2D eigenvalue weighted by atomic mass is 16.5. The minimum Gasteiger partial charge on any atom is -0.478 e.